The Balaban J connectivity index is 1.89. The maximum atomic E-state index is 12.9. The number of carbonyl (C=O) groups is 1. The molecule has 0 N–H and O–H groups in total. The Morgan fingerprint density at radius 3 is 2.58 bits per heavy atom. The summed E-state index contributed by atoms with van der Waals surface area (Å²) in [5.41, 5.74) is 5.96. The fourth-order valence-electron chi connectivity index (χ4n) is 3.84. The predicted octanol–water partition coefficient (Wildman–Crippen LogP) is 7.26. The number of aryl methyl sites for hydroxylation is 2. The molecule has 0 atom stereocenters. The number of rotatable bonds is 7. The van der Waals surface area contributed by atoms with Gasteiger partial charge in [0.25, 0.3) is 0 Å². The molecule has 2 aromatic carbocycles. The second-order valence-corrected chi connectivity index (χ2v) is 9.55. The van der Waals surface area contributed by atoms with Crippen LogP contribution in [0, 0.1) is 13.8 Å². The van der Waals surface area contributed by atoms with Gasteiger partial charge in [0.1, 0.15) is 5.69 Å². The monoisotopic (exact) mass is 431 g/mol. The van der Waals surface area contributed by atoms with Crippen molar-refractivity contribution >= 4 is 28.0 Å². The SMILES string of the molecule is CCCCC(=O)c1nn(-c2nc(-c3cccc(C)c3)c(C(C)C)s2)c2ccc(C)cc12. The molecule has 0 aliphatic carbocycles. The lowest BCUT2D eigenvalue weighted by Crippen LogP contribution is -2.02. The summed E-state index contributed by atoms with van der Waals surface area (Å²) in [6.45, 7) is 10.6. The molecule has 0 aliphatic heterocycles. The van der Waals surface area contributed by atoms with Crippen LogP contribution in [0.2, 0.25) is 0 Å². The van der Waals surface area contributed by atoms with Crippen molar-refractivity contribution in [3.63, 3.8) is 0 Å². The number of aromatic nitrogens is 3. The van der Waals surface area contributed by atoms with Crippen molar-refractivity contribution in [3.05, 3.63) is 64.2 Å². The van der Waals surface area contributed by atoms with Gasteiger partial charge in [-0.1, -0.05) is 73.9 Å². The molecule has 0 saturated heterocycles. The van der Waals surface area contributed by atoms with Gasteiger partial charge >= 0.3 is 0 Å². The number of carbonyl (C=O) groups excluding carboxylic acids is 1. The second kappa shape index (κ2) is 8.75. The summed E-state index contributed by atoms with van der Waals surface area (Å²) in [5.74, 6) is 0.451. The molecule has 0 unspecified atom stereocenters. The molecule has 2 heterocycles. The molecular formula is C26H29N3OS. The van der Waals surface area contributed by atoms with Crippen LogP contribution in [0.1, 0.15) is 72.4 Å². The summed E-state index contributed by atoms with van der Waals surface area (Å²) < 4.78 is 1.86. The fraction of sp³-hybridized carbons (Fsp3) is 0.346. The molecule has 0 amide bonds. The summed E-state index contributed by atoms with van der Waals surface area (Å²) >= 11 is 1.66. The Hall–Kier alpha value is -2.79. The Kier molecular flexibility index (Phi) is 6.05. The number of ketones is 1. The van der Waals surface area contributed by atoms with Crippen LogP contribution >= 0.6 is 11.3 Å². The number of hydrogen-bond donors (Lipinski definition) is 0. The van der Waals surface area contributed by atoms with Crippen molar-refractivity contribution in [2.24, 2.45) is 0 Å². The van der Waals surface area contributed by atoms with Crippen LogP contribution in [-0.4, -0.2) is 20.5 Å². The molecule has 2 aromatic heterocycles. The van der Waals surface area contributed by atoms with Gasteiger partial charge in [0, 0.05) is 22.2 Å². The summed E-state index contributed by atoms with van der Waals surface area (Å²) in [5, 5.41) is 6.52. The third-order valence-corrected chi connectivity index (χ3v) is 6.83. The van der Waals surface area contributed by atoms with E-state index in [1.807, 2.05) is 11.6 Å². The van der Waals surface area contributed by atoms with Gasteiger partial charge in [-0.3, -0.25) is 4.79 Å². The summed E-state index contributed by atoms with van der Waals surface area (Å²) in [6.07, 6.45) is 2.40. The zero-order valence-electron chi connectivity index (χ0n) is 18.9. The Labute approximate surface area is 188 Å². The predicted molar refractivity (Wildman–Crippen MR) is 130 cm³/mol. The number of Topliss-reactive ketones (excluding diaryl/α,β-unsaturated/α-hetero) is 1. The van der Waals surface area contributed by atoms with Gasteiger partial charge < -0.3 is 0 Å². The van der Waals surface area contributed by atoms with E-state index in [2.05, 4.69) is 70.2 Å². The van der Waals surface area contributed by atoms with Gasteiger partial charge in [-0.2, -0.15) is 5.10 Å². The van der Waals surface area contributed by atoms with Gasteiger partial charge in [0.05, 0.1) is 11.2 Å². The highest BCUT2D eigenvalue weighted by atomic mass is 32.1. The maximum Gasteiger partial charge on any atom is 0.211 e. The molecular weight excluding hydrogens is 402 g/mol. The van der Waals surface area contributed by atoms with E-state index in [-0.39, 0.29) is 5.78 Å². The van der Waals surface area contributed by atoms with Crippen molar-refractivity contribution in [2.45, 2.75) is 59.8 Å². The third kappa shape index (κ3) is 4.19. The molecule has 4 aromatic rings. The van der Waals surface area contributed by atoms with Crippen LogP contribution < -0.4 is 0 Å². The lowest BCUT2D eigenvalue weighted by Gasteiger charge is -2.05. The number of benzene rings is 2. The molecule has 0 saturated carbocycles. The topological polar surface area (TPSA) is 47.8 Å². The van der Waals surface area contributed by atoms with Gasteiger partial charge in [0.2, 0.25) is 5.13 Å². The van der Waals surface area contributed by atoms with Crippen molar-refractivity contribution < 1.29 is 4.79 Å². The molecule has 0 aliphatic rings. The van der Waals surface area contributed by atoms with Gasteiger partial charge in [0.15, 0.2) is 5.78 Å². The standard InChI is InChI=1S/C26H29N3OS/c1-6-7-11-22(30)24-20-15-18(5)12-13-21(20)29(28-24)26-27-23(25(31-26)16(2)3)19-10-8-9-17(4)14-19/h8-10,12-16H,6-7,11H2,1-5H3. The lowest BCUT2D eigenvalue weighted by molar-refractivity contribution is 0.0976. The highest BCUT2D eigenvalue weighted by Crippen LogP contribution is 2.37. The molecule has 31 heavy (non-hydrogen) atoms. The largest absolute Gasteiger partial charge is 0.292 e. The van der Waals surface area contributed by atoms with Gasteiger partial charge in [-0.05, 0) is 44.4 Å². The van der Waals surface area contributed by atoms with Crippen LogP contribution in [-0.2, 0) is 0 Å². The number of hydrogen-bond acceptors (Lipinski definition) is 4. The first-order chi connectivity index (χ1) is 14.9. The van der Waals surface area contributed by atoms with Crippen LogP contribution in [0.4, 0.5) is 0 Å². The zero-order valence-corrected chi connectivity index (χ0v) is 19.7. The molecule has 0 radical (unpaired) electrons. The van der Waals surface area contributed by atoms with Crippen LogP contribution in [0.3, 0.4) is 0 Å². The van der Waals surface area contributed by atoms with E-state index in [0.29, 0.717) is 18.0 Å². The molecule has 4 rings (SSSR count). The fourth-order valence-corrected chi connectivity index (χ4v) is 4.90. The minimum atomic E-state index is 0.107. The average molecular weight is 432 g/mol. The van der Waals surface area contributed by atoms with Crippen LogP contribution in [0.25, 0.3) is 27.3 Å². The summed E-state index contributed by atoms with van der Waals surface area (Å²) in [6, 6.07) is 14.7. The first-order valence-corrected chi connectivity index (χ1v) is 11.8. The zero-order chi connectivity index (χ0) is 22.1. The smallest absolute Gasteiger partial charge is 0.211 e. The molecule has 0 fully saturated rings. The van der Waals surface area contributed by atoms with Crippen LogP contribution in [0.5, 0.6) is 0 Å². The van der Waals surface area contributed by atoms with Crippen LogP contribution in [0.15, 0.2) is 42.5 Å². The van der Waals surface area contributed by atoms with Crippen molar-refractivity contribution in [3.8, 4) is 16.4 Å². The summed E-state index contributed by atoms with van der Waals surface area (Å²) in [7, 11) is 0. The maximum absolute atomic E-state index is 12.9. The van der Waals surface area contributed by atoms with E-state index in [9.17, 15) is 4.79 Å². The second-order valence-electron chi connectivity index (χ2n) is 8.54. The van der Waals surface area contributed by atoms with E-state index < -0.39 is 0 Å². The molecule has 160 valence electrons. The van der Waals surface area contributed by atoms with E-state index in [4.69, 9.17) is 10.1 Å². The summed E-state index contributed by atoms with van der Waals surface area (Å²) in [4.78, 5) is 19.2. The van der Waals surface area contributed by atoms with Crippen molar-refractivity contribution in [1.29, 1.82) is 0 Å². The van der Waals surface area contributed by atoms with E-state index in [1.165, 1.54) is 10.4 Å². The first kappa shape index (κ1) is 21.4. The van der Waals surface area contributed by atoms with Crippen molar-refractivity contribution in [2.75, 3.05) is 0 Å². The Morgan fingerprint density at radius 1 is 1.10 bits per heavy atom. The minimum absolute atomic E-state index is 0.107. The van der Waals surface area contributed by atoms with Gasteiger partial charge in [-0.25, -0.2) is 9.67 Å². The highest BCUT2D eigenvalue weighted by molar-refractivity contribution is 7.14. The quantitative estimate of drug-likeness (QED) is 0.289. The normalized spacial score (nSPS) is 11.5. The number of unbranched alkanes of at least 4 members (excludes halogenated alkanes) is 1. The molecule has 4 nitrogen and oxygen atoms in total. The van der Waals surface area contributed by atoms with Crippen molar-refractivity contribution in [1.82, 2.24) is 14.8 Å². The average Bonchev–Trinajstić information content (AvgIpc) is 3.34. The number of thiazole rings is 1. The van der Waals surface area contributed by atoms with E-state index in [1.54, 1.807) is 11.3 Å². The van der Waals surface area contributed by atoms with E-state index >= 15 is 0 Å². The van der Waals surface area contributed by atoms with Gasteiger partial charge in [-0.15, -0.1) is 0 Å². The molecule has 0 spiro atoms. The Morgan fingerprint density at radius 2 is 1.87 bits per heavy atom. The Bertz CT molecular complexity index is 1250. The molecule has 0 bridgehead atoms. The van der Waals surface area contributed by atoms with E-state index in [0.717, 1.165) is 45.7 Å². The molecule has 5 heteroatoms. The third-order valence-electron chi connectivity index (χ3n) is 5.50. The lowest BCUT2D eigenvalue weighted by atomic mass is 10.0. The number of fused-ring (bicyclic) bond motifs is 1. The highest BCUT2D eigenvalue weighted by Gasteiger charge is 2.22. The first-order valence-electron chi connectivity index (χ1n) is 11.0. The minimum Gasteiger partial charge on any atom is -0.292 e. The number of nitrogens with zero attached hydrogens (tertiary/aromatic N) is 3.